The Balaban J connectivity index is 1.51. The molecule has 2 aromatic heterocycles. The maximum absolute atomic E-state index is 14.3. The molecule has 0 atom stereocenters. The van der Waals surface area contributed by atoms with Crippen LogP contribution in [0.15, 0.2) is 18.3 Å². The molecule has 1 saturated heterocycles. The first-order valence-corrected chi connectivity index (χ1v) is 10.9. The van der Waals surface area contributed by atoms with E-state index < -0.39 is 11.7 Å². The molecule has 3 aliphatic rings. The third-order valence-electron chi connectivity index (χ3n) is 6.38. The zero-order valence-corrected chi connectivity index (χ0v) is 18.4. The SMILES string of the molecule is CCN1CC(Oc2cc(N3CC4(CC4)c4cnc(NC(C)=O)cc43)nc(C(C)(F)F)n2)C1. The minimum absolute atomic E-state index is 0.0481. The second-order valence-electron chi connectivity index (χ2n) is 9.00. The van der Waals surface area contributed by atoms with E-state index in [4.69, 9.17) is 4.74 Å². The van der Waals surface area contributed by atoms with Crippen molar-refractivity contribution in [2.45, 2.75) is 51.1 Å². The molecule has 8 nitrogen and oxygen atoms in total. The van der Waals surface area contributed by atoms with Crippen molar-refractivity contribution in [2.24, 2.45) is 0 Å². The Bertz CT molecular complexity index is 1060. The van der Waals surface area contributed by atoms with Gasteiger partial charge in [-0.1, -0.05) is 6.92 Å². The van der Waals surface area contributed by atoms with Gasteiger partial charge in [-0.25, -0.2) is 9.97 Å². The summed E-state index contributed by atoms with van der Waals surface area (Å²) in [6, 6.07) is 3.41. The van der Waals surface area contributed by atoms with Crippen LogP contribution in [0.3, 0.4) is 0 Å². The number of rotatable bonds is 6. The number of likely N-dealkylation sites (N-methyl/N-ethyl adjacent to an activating group) is 1. The number of fused-ring (bicyclic) bond motifs is 2. The normalized spacial score (nSPS) is 19.6. The van der Waals surface area contributed by atoms with Crippen LogP contribution in [-0.2, 0) is 16.1 Å². The standard InChI is InChI=1S/C22H26F2N6O2/c1-4-29-10-14(11-29)32-19-8-18(27-20(28-19)21(3,23)24)30-12-22(5-6-22)15-9-25-17(7-16(15)30)26-13(2)31/h7-9,14H,4-6,10-12H2,1-3H3,(H,25,26,31). The number of ether oxygens (including phenoxy) is 1. The lowest BCUT2D eigenvalue weighted by atomic mass is 10.0. The number of halogens is 2. The number of pyridine rings is 1. The molecule has 1 aliphatic carbocycles. The summed E-state index contributed by atoms with van der Waals surface area (Å²) in [5.41, 5.74) is 1.82. The van der Waals surface area contributed by atoms with Crippen molar-refractivity contribution in [3.05, 3.63) is 29.7 Å². The van der Waals surface area contributed by atoms with Gasteiger partial charge >= 0.3 is 5.92 Å². The summed E-state index contributed by atoms with van der Waals surface area (Å²) >= 11 is 0. The highest BCUT2D eigenvalue weighted by molar-refractivity contribution is 5.89. The number of likely N-dealkylation sites (tertiary alicyclic amines) is 1. The number of carbonyl (C=O) groups excluding carboxylic acids is 1. The smallest absolute Gasteiger partial charge is 0.304 e. The minimum Gasteiger partial charge on any atom is -0.471 e. The summed E-state index contributed by atoms with van der Waals surface area (Å²) in [5.74, 6) is -3.06. The average Bonchev–Trinajstić information content (AvgIpc) is 3.40. The molecule has 0 unspecified atom stereocenters. The lowest BCUT2D eigenvalue weighted by Crippen LogP contribution is -2.53. The minimum atomic E-state index is -3.21. The quantitative estimate of drug-likeness (QED) is 0.733. The lowest BCUT2D eigenvalue weighted by molar-refractivity contribution is -0.114. The van der Waals surface area contributed by atoms with Gasteiger partial charge in [0.2, 0.25) is 17.6 Å². The van der Waals surface area contributed by atoms with Gasteiger partial charge in [0.15, 0.2) is 0 Å². The van der Waals surface area contributed by atoms with Gasteiger partial charge in [0.05, 0.1) is 5.69 Å². The van der Waals surface area contributed by atoms with E-state index in [1.807, 2.05) is 4.90 Å². The van der Waals surface area contributed by atoms with Crippen LogP contribution in [0.1, 0.15) is 45.0 Å². The molecule has 2 aromatic rings. The number of nitrogens with zero attached hydrogens (tertiary/aromatic N) is 5. The highest BCUT2D eigenvalue weighted by Gasteiger charge is 2.53. The van der Waals surface area contributed by atoms with Crippen LogP contribution in [0.5, 0.6) is 5.88 Å². The molecule has 0 aromatic carbocycles. The van der Waals surface area contributed by atoms with E-state index in [9.17, 15) is 13.6 Å². The maximum atomic E-state index is 14.3. The topological polar surface area (TPSA) is 83.5 Å². The molecule has 2 fully saturated rings. The maximum Gasteiger partial charge on any atom is 0.304 e. The van der Waals surface area contributed by atoms with Gasteiger partial charge in [-0.15, -0.1) is 0 Å². The number of amides is 1. The van der Waals surface area contributed by atoms with Gasteiger partial charge in [0, 0.05) is 62.8 Å². The summed E-state index contributed by atoms with van der Waals surface area (Å²) in [5, 5.41) is 2.69. The van der Waals surface area contributed by atoms with Gasteiger partial charge in [-0.3, -0.25) is 9.69 Å². The molecule has 5 rings (SSSR count). The second-order valence-corrected chi connectivity index (χ2v) is 9.00. The Labute approximate surface area is 185 Å². The van der Waals surface area contributed by atoms with Crippen molar-refractivity contribution >= 4 is 23.2 Å². The van der Waals surface area contributed by atoms with Crippen LogP contribution in [-0.4, -0.2) is 58.0 Å². The molecule has 10 heteroatoms. The summed E-state index contributed by atoms with van der Waals surface area (Å²) in [6.07, 6.45) is 3.69. The van der Waals surface area contributed by atoms with E-state index in [0.717, 1.165) is 50.7 Å². The van der Waals surface area contributed by atoms with Gasteiger partial charge < -0.3 is 15.0 Å². The molecule has 1 spiro atoms. The number of hydrogen-bond donors (Lipinski definition) is 1. The molecular formula is C22H26F2N6O2. The summed E-state index contributed by atoms with van der Waals surface area (Å²) in [4.78, 5) is 28.2. The fraction of sp³-hybridized carbons (Fsp3) is 0.545. The average molecular weight is 444 g/mol. The van der Waals surface area contributed by atoms with Crippen LogP contribution in [0.2, 0.25) is 0 Å². The summed E-state index contributed by atoms with van der Waals surface area (Å²) < 4.78 is 34.4. The summed E-state index contributed by atoms with van der Waals surface area (Å²) in [7, 11) is 0. The molecular weight excluding hydrogens is 418 g/mol. The monoisotopic (exact) mass is 444 g/mol. The van der Waals surface area contributed by atoms with Crippen LogP contribution in [0, 0.1) is 0 Å². The van der Waals surface area contributed by atoms with E-state index in [-0.39, 0.29) is 23.3 Å². The first-order valence-electron chi connectivity index (χ1n) is 10.9. The molecule has 1 saturated carbocycles. The van der Waals surface area contributed by atoms with E-state index >= 15 is 0 Å². The van der Waals surface area contributed by atoms with Crippen molar-refractivity contribution in [3.8, 4) is 5.88 Å². The number of aromatic nitrogens is 3. The van der Waals surface area contributed by atoms with E-state index in [1.54, 1.807) is 18.3 Å². The fourth-order valence-electron chi connectivity index (χ4n) is 4.41. The van der Waals surface area contributed by atoms with E-state index in [1.165, 1.54) is 6.92 Å². The van der Waals surface area contributed by atoms with Gasteiger partial charge in [-0.2, -0.15) is 13.8 Å². The fourth-order valence-corrected chi connectivity index (χ4v) is 4.41. The van der Waals surface area contributed by atoms with Crippen LogP contribution < -0.4 is 15.0 Å². The lowest BCUT2D eigenvalue weighted by Gasteiger charge is -2.38. The van der Waals surface area contributed by atoms with E-state index in [0.29, 0.717) is 18.2 Å². The molecule has 1 amide bonds. The Hall–Kier alpha value is -2.88. The zero-order chi connectivity index (χ0) is 22.7. The van der Waals surface area contributed by atoms with Crippen LogP contribution in [0.4, 0.5) is 26.1 Å². The Morgan fingerprint density at radius 1 is 1.31 bits per heavy atom. The van der Waals surface area contributed by atoms with Crippen LogP contribution >= 0.6 is 0 Å². The highest BCUT2D eigenvalue weighted by Crippen LogP contribution is 2.58. The van der Waals surface area contributed by atoms with Gasteiger partial charge in [0.25, 0.3) is 0 Å². The Morgan fingerprint density at radius 3 is 2.69 bits per heavy atom. The first kappa shape index (κ1) is 21.0. The summed E-state index contributed by atoms with van der Waals surface area (Å²) in [6.45, 7) is 7.30. The number of hydrogen-bond acceptors (Lipinski definition) is 7. The predicted octanol–water partition coefficient (Wildman–Crippen LogP) is 3.21. The number of alkyl halides is 2. The predicted molar refractivity (Wildman–Crippen MR) is 115 cm³/mol. The molecule has 1 N–H and O–H groups in total. The third kappa shape index (κ3) is 3.76. The Morgan fingerprint density at radius 2 is 2.06 bits per heavy atom. The van der Waals surface area contributed by atoms with Crippen LogP contribution in [0.25, 0.3) is 0 Å². The molecule has 0 bridgehead atoms. The van der Waals surface area contributed by atoms with Crippen molar-refractivity contribution in [2.75, 3.05) is 36.4 Å². The van der Waals surface area contributed by atoms with E-state index in [2.05, 4.69) is 32.1 Å². The number of nitrogens with one attached hydrogen (secondary N) is 1. The van der Waals surface area contributed by atoms with Crippen molar-refractivity contribution in [1.82, 2.24) is 19.9 Å². The molecule has 170 valence electrons. The second kappa shape index (κ2) is 7.33. The molecule has 4 heterocycles. The van der Waals surface area contributed by atoms with Gasteiger partial charge in [-0.05, 0) is 19.4 Å². The third-order valence-corrected chi connectivity index (χ3v) is 6.38. The zero-order valence-electron chi connectivity index (χ0n) is 18.4. The van der Waals surface area contributed by atoms with Crippen molar-refractivity contribution < 1.29 is 18.3 Å². The molecule has 32 heavy (non-hydrogen) atoms. The van der Waals surface area contributed by atoms with Crippen molar-refractivity contribution in [3.63, 3.8) is 0 Å². The number of carbonyl (C=O) groups is 1. The number of anilines is 3. The largest absolute Gasteiger partial charge is 0.471 e. The first-order chi connectivity index (χ1) is 15.2. The molecule has 0 radical (unpaired) electrons. The van der Waals surface area contributed by atoms with Gasteiger partial charge in [0.1, 0.15) is 17.7 Å². The molecule has 2 aliphatic heterocycles. The highest BCUT2D eigenvalue weighted by atomic mass is 19.3. The van der Waals surface area contributed by atoms with Crippen molar-refractivity contribution in [1.29, 1.82) is 0 Å². The Kier molecular flexibility index (Phi) is 4.81.